The number of carboxylic acid groups (broad SMARTS) is 1. The molecular weight excluding hydrogens is 312 g/mol. The second-order valence-corrected chi connectivity index (χ2v) is 5.32. The first-order valence-corrected chi connectivity index (χ1v) is 7.02. The third-order valence-corrected chi connectivity index (χ3v) is 3.98. The van der Waals surface area contributed by atoms with Gasteiger partial charge in [-0.2, -0.15) is 0 Å². The van der Waals surface area contributed by atoms with Gasteiger partial charge < -0.3 is 19.9 Å². The molecule has 1 saturated heterocycles. The zero-order valence-electron chi connectivity index (χ0n) is 12.5. The summed E-state index contributed by atoms with van der Waals surface area (Å²) < 4.78 is 37.3. The second kappa shape index (κ2) is 6.91. The number of ether oxygens (including phenoxy) is 2. The van der Waals surface area contributed by atoms with Crippen LogP contribution in [0.15, 0.2) is 12.1 Å². The number of halogens is 2. The molecule has 0 aromatic heterocycles. The Labute approximate surface area is 131 Å². The lowest BCUT2D eigenvalue weighted by molar-refractivity contribution is -0.154. The Morgan fingerprint density at radius 1 is 1.30 bits per heavy atom. The molecule has 0 aliphatic carbocycles. The Morgan fingerprint density at radius 2 is 1.91 bits per heavy atom. The maximum Gasteiger partial charge on any atom is 0.311 e. The van der Waals surface area contributed by atoms with Crippen LogP contribution in [0.25, 0.3) is 0 Å². The van der Waals surface area contributed by atoms with Crippen LogP contribution < -0.4 is 10.1 Å². The predicted octanol–water partition coefficient (Wildman–Crippen LogP) is 1.58. The van der Waals surface area contributed by atoms with Gasteiger partial charge in [0.15, 0.2) is 11.6 Å². The summed E-state index contributed by atoms with van der Waals surface area (Å²) in [5.74, 6) is -4.33. The van der Waals surface area contributed by atoms with Crippen molar-refractivity contribution in [3.63, 3.8) is 0 Å². The molecule has 0 bridgehead atoms. The molecule has 0 spiro atoms. The second-order valence-electron chi connectivity index (χ2n) is 5.32. The molecule has 0 unspecified atom stereocenters. The molecule has 1 amide bonds. The molecule has 1 heterocycles. The van der Waals surface area contributed by atoms with E-state index in [4.69, 9.17) is 9.47 Å². The van der Waals surface area contributed by atoms with Crippen LogP contribution in [0.4, 0.5) is 8.78 Å². The van der Waals surface area contributed by atoms with Crippen LogP contribution in [0, 0.1) is 17.0 Å². The van der Waals surface area contributed by atoms with Crippen LogP contribution in [0.3, 0.4) is 0 Å². The summed E-state index contributed by atoms with van der Waals surface area (Å²) in [5.41, 5.74) is -1.76. The molecule has 0 radical (unpaired) electrons. The normalized spacial score (nSPS) is 16.7. The van der Waals surface area contributed by atoms with Crippen LogP contribution in [0.1, 0.15) is 23.2 Å². The van der Waals surface area contributed by atoms with Crippen LogP contribution in [-0.2, 0) is 9.53 Å². The molecule has 126 valence electrons. The topological polar surface area (TPSA) is 84.9 Å². The van der Waals surface area contributed by atoms with Gasteiger partial charge in [-0.05, 0) is 25.0 Å². The molecule has 1 aliphatic rings. The van der Waals surface area contributed by atoms with E-state index >= 15 is 0 Å². The van der Waals surface area contributed by atoms with E-state index in [-0.39, 0.29) is 32.6 Å². The zero-order valence-corrected chi connectivity index (χ0v) is 12.5. The number of carbonyl (C=O) groups excluding carboxylic acids is 1. The zero-order chi connectivity index (χ0) is 17.0. The third-order valence-electron chi connectivity index (χ3n) is 3.98. The van der Waals surface area contributed by atoms with Crippen molar-refractivity contribution in [2.24, 2.45) is 5.41 Å². The van der Waals surface area contributed by atoms with Gasteiger partial charge in [0.25, 0.3) is 5.91 Å². The van der Waals surface area contributed by atoms with Crippen molar-refractivity contribution < 1.29 is 33.0 Å². The van der Waals surface area contributed by atoms with Crippen molar-refractivity contribution >= 4 is 11.9 Å². The van der Waals surface area contributed by atoms with E-state index in [0.717, 1.165) is 19.2 Å². The standard InChI is InChI=1S/C15H17F2NO5/c1-22-12-10(17)3-2-9(16)11(12)13(19)18-8-15(14(20)21)4-6-23-7-5-15/h2-3H,4-8H2,1H3,(H,18,19)(H,20,21). The first-order valence-electron chi connectivity index (χ1n) is 7.02. The molecule has 1 aromatic rings. The Kier molecular flexibility index (Phi) is 5.15. The third kappa shape index (κ3) is 3.42. The van der Waals surface area contributed by atoms with Crippen molar-refractivity contribution in [2.75, 3.05) is 26.9 Å². The molecule has 23 heavy (non-hydrogen) atoms. The van der Waals surface area contributed by atoms with E-state index in [0.29, 0.717) is 0 Å². The van der Waals surface area contributed by atoms with Gasteiger partial charge in [-0.25, -0.2) is 8.78 Å². The molecule has 2 N–H and O–H groups in total. The average Bonchev–Trinajstić information content (AvgIpc) is 2.55. The summed E-state index contributed by atoms with van der Waals surface area (Å²) in [7, 11) is 1.12. The SMILES string of the molecule is COc1c(F)ccc(F)c1C(=O)NCC1(C(=O)O)CCOCC1. The maximum atomic E-state index is 13.8. The van der Waals surface area contributed by atoms with Gasteiger partial charge in [0, 0.05) is 19.8 Å². The summed E-state index contributed by atoms with van der Waals surface area (Å²) >= 11 is 0. The molecule has 1 aromatic carbocycles. The number of nitrogens with one attached hydrogen (secondary N) is 1. The summed E-state index contributed by atoms with van der Waals surface area (Å²) in [5, 5.41) is 11.8. The van der Waals surface area contributed by atoms with Crippen molar-refractivity contribution in [2.45, 2.75) is 12.8 Å². The first-order chi connectivity index (χ1) is 10.9. The number of carbonyl (C=O) groups is 2. The molecule has 0 atom stereocenters. The fourth-order valence-electron chi connectivity index (χ4n) is 2.51. The van der Waals surface area contributed by atoms with Crippen molar-refractivity contribution in [3.05, 3.63) is 29.3 Å². The number of benzene rings is 1. The number of rotatable bonds is 5. The Hall–Kier alpha value is -2.22. The van der Waals surface area contributed by atoms with Crippen molar-refractivity contribution in [3.8, 4) is 5.75 Å². The van der Waals surface area contributed by atoms with Gasteiger partial charge in [-0.3, -0.25) is 9.59 Å². The highest BCUT2D eigenvalue weighted by molar-refractivity contribution is 5.97. The van der Waals surface area contributed by atoms with Gasteiger partial charge in [0.05, 0.1) is 12.5 Å². The van der Waals surface area contributed by atoms with Crippen LogP contribution >= 0.6 is 0 Å². The molecule has 8 heteroatoms. The molecule has 2 rings (SSSR count). The van der Waals surface area contributed by atoms with Crippen LogP contribution in [-0.4, -0.2) is 43.9 Å². The number of hydrogen-bond donors (Lipinski definition) is 2. The molecular formula is C15H17F2NO5. The number of carboxylic acids is 1. The quantitative estimate of drug-likeness (QED) is 0.857. The number of methoxy groups -OCH3 is 1. The number of amides is 1. The average molecular weight is 329 g/mol. The van der Waals surface area contributed by atoms with Gasteiger partial charge in [-0.1, -0.05) is 0 Å². The van der Waals surface area contributed by atoms with E-state index in [9.17, 15) is 23.5 Å². The summed E-state index contributed by atoms with van der Waals surface area (Å²) in [4.78, 5) is 23.7. The summed E-state index contributed by atoms with van der Waals surface area (Å²) in [6.45, 7) is 0.323. The van der Waals surface area contributed by atoms with Gasteiger partial charge in [0.1, 0.15) is 11.4 Å². The van der Waals surface area contributed by atoms with E-state index in [1.54, 1.807) is 0 Å². The lowest BCUT2D eigenvalue weighted by Crippen LogP contribution is -2.46. The van der Waals surface area contributed by atoms with Gasteiger partial charge in [0.2, 0.25) is 0 Å². The van der Waals surface area contributed by atoms with Crippen LogP contribution in [0.2, 0.25) is 0 Å². The van der Waals surface area contributed by atoms with Gasteiger partial charge in [-0.15, -0.1) is 0 Å². The lowest BCUT2D eigenvalue weighted by atomic mass is 9.80. The molecule has 1 aliphatic heterocycles. The highest BCUT2D eigenvalue weighted by Crippen LogP contribution is 2.31. The van der Waals surface area contributed by atoms with E-state index in [1.165, 1.54) is 0 Å². The Bertz CT molecular complexity index is 614. The Balaban J connectivity index is 2.19. The largest absolute Gasteiger partial charge is 0.493 e. The fraction of sp³-hybridized carbons (Fsp3) is 0.467. The fourth-order valence-corrected chi connectivity index (χ4v) is 2.51. The minimum atomic E-state index is -1.18. The number of aliphatic carboxylic acids is 1. The minimum absolute atomic E-state index is 0.205. The summed E-state index contributed by atoms with van der Waals surface area (Å²) in [6.07, 6.45) is 0.455. The van der Waals surface area contributed by atoms with Gasteiger partial charge >= 0.3 is 5.97 Å². The predicted molar refractivity (Wildman–Crippen MR) is 75.4 cm³/mol. The van der Waals surface area contributed by atoms with E-state index < -0.39 is 40.2 Å². The number of hydrogen-bond acceptors (Lipinski definition) is 4. The molecule has 1 fully saturated rings. The monoisotopic (exact) mass is 329 g/mol. The summed E-state index contributed by atoms with van der Waals surface area (Å²) in [6, 6.07) is 1.66. The maximum absolute atomic E-state index is 13.8. The minimum Gasteiger partial charge on any atom is -0.493 e. The molecule has 0 saturated carbocycles. The lowest BCUT2D eigenvalue weighted by Gasteiger charge is -2.33. The highest BCUT2D eigenvalue weighted by atomic mass is 19.1. The molecule has 6 nitrogen and oxygen atoms in total. The highest BCUT2D eigenvalue weighted by Gasteiger charge is 2.40. The first kappa shape index (κ1) is 17.1. The van der Waals surface area contributed by atoms with Crippen LogP contribution in [0.5, 0.6) is 5.75 Å². The van der Waals surface area contributed by atoms with E-state index in [1.807, 2.05) is 0 Å². The smallest absolute Gasteiger partial charge is 0.311 e. The van der Waals surface area contributed by atoms with Crippen molar-refractivity contribution in [1.29, 1.82) is 0 Å². The van der Waals surface area contributed by atoms with Crippen molar-refractivity contribution in [1.82, 2.24) is 5.32 Å². The van der Waals surface area contributed by atoms with E-state index in [2.05, 4.69) is 5.32 Å². The Morgan fingerprint density at radius 3 is 2.48 bits per heavy atom.